The summed E-state index contributed by atoms with van der Waals surface area (Å²) in [5, 5.41) is 2.77. The molecule has 1 amide bonds. The summed E-state index contributed by atoms with van der Waals surface area (Å²) in [5.74, 6) is -0.678. The van der Waals surface area contributed by atoms with Crippen LogP contribution >= 0.6 is 0 Å². The maximum atomic E-state index is 12.3. The molecule has 0 aliphatic carbocycles. The van der Waals surface area contributed by atoms with Crippen molar-refractivity contribution in [2.24, 2.45) is 5.73 Å². The van der Waals surface area contributed by atoms with Gasteiger partial charge in [0, 0.05) is 17.8 Å². The molecule has 5 nitrogen and oxygen atoms in total. The van der Waals surface area contributed by atoms with Gasteiger partial charge in [0.15, 0.2) is 0 Å². The van der Waals surface area contributed by atoms with Gasteiger partial charge in [-0.15, -0.1) is 0 Å². The highest BCUT2D eigenvalue weighted by Crippen LogP contribution is 2.15. The molecular formula is C17H18N2O3. The first-order chi connectivity index (χ1) is 10.7. The van der Waals surface area contributed by atoms with Gasteiger partial charge in [-0.25, -0.2) is 4.79 Å². The minimum Gasteiger partial charge on any atom is -0.462 e. The first-order valence-corrected chi connectivity index (χ1v) is 7.02. The molecule has 0 aliphatic heterocycles. The van der Waals surface area contributed by atoms with Crippen LogP contribution in [0, 0.1) is 0 Å². The fourth-order valence-electron chi connectivity index (χ4n) is 2.06. The number of benzene rings is 2. The normalized spacial score (nSPS) is 10.1. The van der Waals surface area contributed by atoms with E-state index in [4.69, 9.17) is 10.5 Å². The van der Waals surface area contributed by atoms with Gasteiger partial charge in [-0.3, -0.25) is 4.79 Å². The zero-order valence-electron chi connectivity index (χ0n) is 12.3. The van der Waals surface area contributed by atoms with Crippen LogP contribution in [0.4, 0.5) is 5.69 Å². The lowest BCUT2D eigenvalue weighted by Gasteiger charge is -2.10. The Bertz CT molecular complexity index is 683. The smallest absolute Gasteiger partial charge is 0.338 e. The number of amides is 1. The van der Waals surface area contributed by atoms with Crippen LogP contribution in [0.15, 0.2) is 48.5 Å². The summed E-state index contributed by atoms with van der Waals surface area (Å²) in [7, 11) is 0. The highest BCUT2D eigenvalue weighted by molar-refractivity contribution is 6.05. The molecule has 0 heterocycles. The average Bonchev–Trinajstić information content (AvgIpc) is 2.55. The number of carbonyl (C=O) groups excluding carboxylic acids is 2. The van der Waals surface area contributed by atoms with Gasteiger partial charge in [0.2, 0.25) is 0 Å². The molecule has 0 atom stereocenters. The third-order valence-corrected chi connectivity index (χ3v) is 3.11. The number of hydrogen-bond donors (Lipinski definition) is 2. The number of esters is 1. The molecule has 22 heavy (non-hydrogen) atoms. The Morgan fingerprint density at radius 2 is 1.91 bits per heavy atom. The summed E-state index contributed by atoms with van der Waals surface area (Å²) in [6, 6.07) is 13.8. The number of nitrogens with one attached hydrogen (secondary N) is 1. The maximum absolute atomic E-state index is 12.3. The van der Waals surface area contributed by atoms with E-state index in [1.54, 1.807) is 43.3 Å². The number of hydrogen-bond acceptors (Lipinski definition) is 4. The van der Waals surface area contributed by atoms with E-state index in [9.17, 15) is 9.59 Å². The van der Waals surface area contributed by atoms with Gasteiger partial charge >= 0.3 is 5.97 Å². The molecule has 0 spiro atoms. The molecule has 0 fully saturated rings. The lowest BCUT2D eigenvalue weighted by Crippen LogP contribution is -2.16. The van der Waals surface area contributed by atoms with Crippen molar-refractivity contribution in [1.82, 2.24) is 0 Å². The molecule has 0 unspecified atom stereocenters. The van der Waals surface area contributed by atoms with Gasteiger partial charge in [0.05, 0.1) is 12.2 Å². The van der Waals surface area contributed by atoms with Crippen molar-refractivity contribution in [3.05, 3.63) is 65.2 Å². The minimum absolute atomic E-state index is 0.262. The van der Waals surface area contributed by atoms with Crippen molar-refractivity contribution >= 4 is 17.6 Å². The van der Waals surface area contributed by atoms with Gasteiger partial charge < -0.3 is 15.8 Å². The molecule has 2 aromatic carbocycles. The van der Waals surface area contributed by atoms with Gasteiger partial charge in [-0.05, 0) is 36.8 Å². The fraction of sp³-hybridized carbons (Fsp3) is 0.176. The Hall–Kier alpha value is -2.66. The predicted octanol–water partition coefficient (Wildman–Crippen LogP) is 2.57. The third kappa shape index (κ3) is 3.71. The van der Waals surface area contributed by atoms with Crippen LogP contribution in [-0.4, -0.2) is 18.5 Å². The van der Waals surface area contributed by atoms with Gasteiger partial charge in [-0.2, -0.15) is 0 Å². The molecule has 0 bridgehead atoms. The van der Waals surface area contributed by atoms with Crippen molar-refractivity contribution < 1.29 is 14.3 Å². The van der Waals surface area contributed by atoms with Crippen LogP contribution in [0.25, 0.3) is 0 Å². The molecule has 0 radical (unpaired) electrons. The van der Waals surface area contributed by atoms with Crippen LogP contribution in [0.2, 0.25) is 0 Å². The maximum Gasteiger partial charge on any atom is 0.338 e. The standard InChI is InChI=1S/C17H18N2O3/c1-2-22-17(21)12-7-5-8-14(10-12)19-16(20)15-9-4-3-6-13(15)11-18/h3-10H,2,11,18H2,1H3,(H,19,20). The van der Waals surface area contributed by atoms with E-state index in [0.717, 1.165) is 5.56 Å². The molecule has 2 aromatic rings. The Morgan fingerprint density at radius 1 is 1.14 bits per heavy atom. The topological polar surface area (TPSA) is 81.4 Å². The van der Waals surface area contributed by atoms with E-state index in [1.807, 2.05) is 12.1 Å². The van der Waals surface area contributed by atoms with E-state index in [0.29, 0.717) is 23.4 Å². The first kappa shape index (κ1) is 15.7. The minimum atomic E-state index is -0.416. The summed E-state index contributed by atoms with van der Waals surface area (Å²) < 4.78 is 4.94. The van der Waals surface area contributed by atoms with Crippen LogP contribution in [0.1, 0.15) is 33.2 Å². The summed E-state index contributed by atoms with van der Waals surface area (Å²) in [4.78, 5) is 24.0. The fourth-order valence-corrected chi connectivity index (χ4v) is 2.06. The van der Waals surface area contributed by atoms with Crippen LogP contribution < -0.4 is 11.1 Å². The van der Waals surface area contributed by atoms with Crippen LogP contribution in [0.5, 0.6) is 0 Å². The van der Waals surface area contributed by atoms with Crippen molar-refractivity contribution in [3.8, 4) is 0 Å². The molecule has 0 saturated carbocycles. The molecule has 0 saturated heterocycles. The summed E-state index contributed by atoms with van der Waals surface area (Å²) in [6.45, 7) is 2.33. The Morgan fingerprint density at radius 3 is 2.64 bits per heavy atom. The lowest BCUT2D eigenvalue weighted by molar-refractivity contribution is 0.0526. The van der Waals surface area contributed by atoms with Crippen LogP contribution in [-0.2, 0) is 11.3 Å². The summed E-state index contributed by atoms with van der Waals surface area (Å²) in [6.07, 6.45) is 0. The number of rotatable bonds is 5. The molecule has 0 aliphatic rings. The van der Waals surface area contributed by atoms with Crippen LogP contribution in [0.3, 0.4) is 0 Å². The van der Waals surface area contributed by atoms with Crippen molar-refractivity contribution in [3.63, 3.8) is 0 Å². The third-order valence-electron chi connectivity index (χ3n) is 3.11. The van der Waals surface area contributed by atoms with Crippen molar-refractivity contribution in [2.75, 3.05) is 11.9 Å². The molecule has 114 valence electrons. The number of carbonyl (C=O) groups is 2. The second-order valence-electron chi connectivity index (χ2n) is 4.62. The number of ether oxygens (including phenoxy) is 1. The predicted molar refractivity (Wildman–Crippen MR) is 84.7 cm³/mol. The monoisotopic (exact) mass is 298 g/mol. The van der Waals surface area contributed by atoms with E-state index in [2.05, 4.69) is 5.32 Å². The van der Waals surface area contributed by atoms with Gasteiger partial charge in [0.1, 0.15) is 0 Å². The number of anilines is 1. The average molecular weight is 298 g/mol. The van der Waals surface area contributed by atoms with Gasteiger partial charge in [0.25, 0.3) is 5.91 Å². The van der Waals surface area contributed by atoms with E-state index >= 15 is 0 Å². The molecule has 2 rings (SSSR count). The first-order valence-electron chi connectivity index (χ1n) is 7.02. The Labute approximate surface area is 129 Å². The van der Waals surface area contributed by atoms with Gasteiger partial charge in [-0.1, -0.05) is 24.3 Å². The van der Waals surface area contributed by atoms with E-state index < -0.39 is 5.97 Å². The highest BCUT2D eigenvalue weighted by Gasteiger charge is 2.12. The van der Waals surface area contributed by atoms with E-state index in [-0.39, 0.29) is 12.5 Å². The largest absolute Gasteiger partial charge is 0.462 e. The quantitative estimate of drug-likeness (QED) is 0.831. The summed E-state index contributed by atoms with van der Waals surface area (Å²) in [5.41, 5.74) is 7.85. The summed E-state index contributed by atoms with van der Waals surface area (Å²) >= 11 is 0. The SMILES string of the molecule is CCOC(=O)c1cccc(NC(=O)c2ccccc2CN)c1. The molecule has 5 heteroatoms. The zero-order chi connectivity index (χ0) is 15.9. The highest BCUT2D eigenvalue weighted by atomic mass is 16.5. The second-order valence-corrected chi connectivity index (χ2v) is 4.62. The lowest BCUT2D eigenvalue weighted by atomic mass is 10.1. The number of nitrogens with two attached hydrogens (primary N) is 1. The zero-order valence-corrected chi connectivity index (χ0v) is 12.3. The van der Waals surface area contributed by atoms with Crippen molar-refractivity contribution in [2.45, 2.75) is 13.5 Å². The Kier molecular flexibility index (Phi) is 5.27. The second kappa shape index (κ2) is 7.38. The molecule has 0 aromatic heterocycles. The van der Waals surface area contributed by atoms with E-state index in [1.165, 1.54) is 0 Å². The Balaban J connectivity index is 2.18. The molecular weight excluding hydrogens is 280 g/mol. The van der Waals surface area contributed by atoms with Crippen molar-refractivity contribution in [1.29, 1.82) is 0 Å². The molecule has 3 N–H and O–H groups in total.